The molecule has 4 rings (SSSR count). The Kier molecular flexibility index (Phi) is 5.47. The van der Waals surface area contributed by atoms with Gasteiger partial charge in [0.2, 0.25) is 0 Å². The molecular weight excluding hydrogens is 368 g/mol. The molecule has 1 amide bonds. The summed E-state index contributed by atoms with van der Waals surface area (Å²) < 4.78 is 11.1. The molecule has 1 aromatic carbocycles. The third-order valence-electron chi connectivity index (χ3n) is 4.44. The van der Waals surface area contributed by atoms with E-state index in [1.54, 1.807) is 30.9 Å². The lowest BCUT2D eigenvalue weighted by atomic mass is 10.1. The summed E-state index contributed by atoms with van der Waals surface area (Å²) >= 11 is 0. The molecule has 0 aliphatic heterocycles. The van der Waals surface area contributed by atoms with E-state index in [0.29, 0.717) is 12.2 Å². The van der Waals surface area contributed by atoms with Crippen molar-refractivity contribution >= 4 is 16.7 Å². The first-order valence-corrected chi connectivity index (χ1v) is 9.30. The number of hydrogen-bond acceptors (Lipinski definition) is 6. The van der Waals surface area contributed by atoms with Gasteiger partial charge in [-0.15, -0.1) is 0 Å². The zero-order chi connectivity index (χ0) is 20.1. The number of carbonyl (C=O) groups is 1. The molecule has 0 aliphatic rings. The standard InChI is InChI=1S/C22H20N4O3/c1-15(10-16-4-3-8-23-12-16)25-22(27)20-11-18(29-26-20)14-28-21-6-2-5-17-13-24-9-7-19(17)21/h2-9,11-13,15H,10,14H2,1H3,(H,25,27)/t15-/m1/s1. The van der Waals surface area contributed by atoms with E-state index in [4.69, 9.17) is 9.26 Å². The van der Waals surface area contributed by atoms with Gasteiger partial charge in [0, 0.05) is 47.7 Å². The van der Waals surface area contributed by atoms with Gasteiger partial charge >= 0.3 is 0 Å². The van der Waals surface area contributed by atoms with E-state index in [9.17, 15) is 4.79 Å². The summed E-state index contributed by atoms with van der Waals surface area (Å²) in [6, 6.07) is 13.0. The molecule has 0 aliphatic carbocycles. The van der Waals surface area contributed by atoms with Crippen molar-refractivity contribution < 1.29 is 14.1 Å². The van der Waals surface area contributed by atoms with Crippen molar-refractivity contribution in [2.75, 3.05) is 0 Å². The fraction of sp³-hybridized carbons (Fsp3) is 0.182. The van der Waals surface area contributed by atoms with Crippen LogP contribution in [-0.4, -0.2) is 27.1 Å². The van der Waals surface area contributed by atoms with Gasteiger partial charge in [0.1, 0.15) is 12.4 Å². The second-order valence-corrected chi connectivity index (χ2v) is 6.76. The molecule has 7 heteroatoms. The zero-order valence-corrected chi connectivity index (χ0v) is 15.9. The minimum atomic E-state index is -0.285. The summed E-state index contributed by atoms with van der Waals surface area (Å²) in [7, 11) is 0. The van der Waals surface area contributed by atoms with Gasteiger partial charge in [0.15, 0.2) is 11.5 Å². The van der Waals surface area contributed by atoms with Crippen molar-refractivity contribution in [1.82, 2.24) is 20.4 Å². The largest absolute Gasteiger partial charge is 0.485 e. The van der Waals surface area contributed by atoms with E-state index in [1.165, 1.54) is 0 Å². The maximum Gasteiger partial charge on any atom is 0.273 e. The van der Waals surface area contributed by atoms with E-state index in [0.717, 1.165) is 22.1 Å². The number of amides is 1. The van der Waals surface area contributed by atoms with Gasteiger partial charge in [-0.2, -0.15) is 0 Å². The zero-order valence-electron chi connectivity index (χ0n) is 15.9. The Morgan fingerprint density at radius 2 is 2.03 bits per heavy atom. The lowest BCUT2D eigenvalue weighted by molar-refractivity contribution is 0.0930. The van der Waals surface area contributed by atoms with Crippen molar-refractivity contribution in [3.8, 4) is 5.75 Å². The summed E-state index contributed by atoms with van der Waals surface area (Å²) in [5, 5.41) is 8.73. The number of fused-ring (bicyclic) bond motifs is 1. The Balaban J connectivity index is 1.36. The molecule has 4 aromatic rings. The molecule has 3 heterocycles. The molecule has 0 radical (unpaired) electrons. The molecule has 0 bridgehead atoms. The Morgan fingerprint density at radius 1 is 1.14 bits per heavy atom. The number of nitrogens with one attached hydrogen (secondary N) is 1. The molecule has 1 N–H and O–H groups in total. The first kappa shape index (κ1) is 18.6. The minimum Gasteiger partial charge on any atom is -0.485 e. The van der Waals surface area contributed by atoms with Crippen LogP contribution >= 0.6 is 0 Å². The van der Waals surface area contributed by atoms with Gasteiger partial charge in [-0.1, -0.05) is 23.4 Å². The summed E-state index contributed by atoms with van der Waals surface area (Å²) in [4.78, 5) is 20.6. The van der Waals surface area contributed by atoms with Crippen molar-refractivity contribution in [1.29, 1.82) is 0 Å². The molecule has 29 heavy (non-hydrogen) atoms. The van der Waals surface area contributed by atoms with E-state index in [-0.39, 0.29) is 24.2 Å². The van der Waals surface area contributed by atoms with Gasteiger partial charge in [-0.25, -0.2) is 0 Å². The highest BCUT2D eigenvalue weighted by atomic mass is 16.5. The average Bonchev–Trinajstić information content (AvgIpc) is 3.22. The number of benzene rings is 1. The van der Waals surface area contributed by atoms with Gasteiger partial charge < -0.3 is 14.6 Å². The van der Waals surface area contributed by atoms with E-state index < -0.39 is 0 Å². The highest BCUT2D eigenvalue weighted by molar-refractivity contribution is 5.92. The fourth-order valence-electron chi connectivity index (χ4n) is 3.08. The average molecular weight is 388 g/mol. The molecule has 0 unspecified atom stereocenters. The van der Waals surface area contributed by atoms with Crippen LogP contribution in [0.3, 0.4) is 0 Å². The smallest absolute Gasteiger partial charge is 0.273 e. The molecule has 146 valence electrons. The number of ether oxygens (including phenoxy) is 1. The van der Waals surface area contributed by atoms with Crippen LogP contribution in [0, 0.1) is 0 Å². The number of hydrogen-bond donors (Lipinski definition) is 1. The SMILES string of the molecule is C[C@H](Cc1cccnc1)NC(=O)c1cc(COc2cccc3cnccc23)on1. The van der Waals surface area contributed by atoms with Crippen LogP contribution in [0.1, 0.15) is 28.7 Å². The van der Waals surface area contributed by atoms with E-state index in [2.05, 4.69) is 20.4 Å². The number of carbonyl (C=O) groups excluding carboxylic acids is 1. The van der Waals surface area contributed by atoms with Crippen molar-refractivity contribution in [3.05, 3.63) is 84.3 Å². The van der Waals surface area contributed by atoms with Crippen LogP contribution < -0.4 is 10.1 Å². The minimum absolute atomic E-state index is 0.0626. The number of aromatic nitrogens is 3. The lowest BCUT2D eigenvalue weighted by Gasteiger charge is -2.12. The van der Waals surface area contributed by atoms with Gasteiger partial charge in [-0.3, -0.25) is 14.8 Å². The van der Waals surface area contributed by atoms with E-state index >= 15 is 0 Å². The molecule has 1 atom stereocenters. The van der Waals surface area contributed by atoms with E-state index in [1.807, 2.05) is 43.3 Å². The predicted octanol–water partition coefficient (Wildman–Crippen LogP) is 3.56. The number of rotatable bonds is 7. The number of pyridine rings is 2. The second-order valence-electron chi connectivity index (χ2n) is 6.76. The predicted molar refractivity (Wildman–Crippen MR) is 107 cm³/mol. The Bertz CT molecular complexity index is 1110. The summed E-state index contributed by atoms with van der Waals surface area (Å²) in [6.07, 6.45) is 7.70. The molecular formula is C22H20N4O3. The molecule has 0 spiro atoms. The Labute approximate surface area is 167 Å². The van der Waals surface area contributed by atoms with Crippen molar-refractivity contribution in [2.24, 2.45) is 0 Å². The number of nitrogens with zero attached hydrogens (tertiary/aromatic N) is 3. The first-order valence-electron chi connectivity index (χ1n) is 9.30. The monoisotopic (exact) mass is 388 g/mol. The lowest BCUT2D eigenvalue weighted by Crippen LogP contribution is -2.34. The van der Waals surface area contributed by atoms with Gasteiger partial charge in [0.25, 0.3) is 5.91 Å². The molecule has 0 fully saturated rings. The highest BCUT2D eigenvalue weighted by Crippen LogP contribution is 2.25. The summed E-state index contributed by atoms with van der Waals surface area (Å²) in [6.45, 7) is 2.11. The van der Waals surface area contributed by atoms with Crippen LogP contribution in [0.4, 0.5) is 0 Å². The topological polar surface area (TPSA) is 90.1 Å². The van der Waals surface area contributed by atoms with Crippen molar-refractivity contribution in [2.45, 2.75) is 26.0 Å². The third kappa shape index (κ3) is 4.57. The normalized spacial score (nSPS) is 11.9. The first-order chi connectivity index (χ1) is 14.2. The summed E-state index contributed by atoms with van der Waals surface area (Å²) in [5.74, 6) is 0.908. The van der Waals surface area contributed by atoms with Crippen LogP contribution in [0.2, 0.25) is 0 Å². The van der Waals surface area contributed by atoms with Crippen LogP contribution in [0.5, 0.6) is 5.75 Å². The molecule has 0 saturated carbocycles. The summed E-state index contributed by atoms with van der Waals surface area (Å²) in [5.41, 5.74) is 1.28. The molecule has 3 aromatic heterocycles. The third-order valence-corrected chi connectivity index (χ3v) is 4.44. The Hall–Kier alpha value is -3.74. The van der Waals surface area contributed by atoms with Gasteiger partial charge in [0.05, 0.1) is 0 Å². The molecule has 0 saturated heterocycles. The van der Waals surface area contributed by atoms with Crippen molar-refractivity contribution in [3.63, 3.8) is 0 Å². The fourth-order valence-corrected chi connectivity index (χ4v) is 3.08. The maximum absolute atomic E-state index is 12.4. The maximum atomic E-state index is 12.4. The van der Waals surface area contributed by atoms with Crippen LogP contribution in [0.15, 0.2) is 71.8 Å². The van der Waals surface area contributed by atoms with Crippen LogP contribution in [0.25, 0.3) is 10.8 Å². The highest BCUT2D eigenvalue weighted by Gasteiger charge is 2.16. The second kappa shape index (κ2) is 8.52. The Morgan fingerprint density at radius 3 is 2.90 bits per heavy atom. The van der Waals surface area contributed by atoms with Crippen LogP contribution in [-0.2, 0) is 13.0 Å². The molecule has 7 nitrogen and oxygen atoms in total. The van der Waals surface area contributed by atoms with Gasteiger partial charge in [-0.05, 0) is 37.1 Å². The quantitative estimate of drug-likeness (QED) is 0.521.